The second-order valence-corrected chi connectivity index (χ2v) is 7.77. The van der Waals surface area contributed by atoms with Crippen LogP contribution in [0.4, 0.5) is 11.8 Å². The number of rotatable bonds is 5. The van der Waals surface area contributed by atoms with Crippen LogP contribution in [-0.2, 0) is 4.74 Å². The summed E-state index contributed by atoms with van der Waals surface area (Å²) in [5.74, 6) is 1.17. The first-order valence-corrected chi connectivity index (χ1v) is 10.5. The molecule has 1 saturated heterocycles. The first-order chi connectivity index (χ1) is 15.7. The lowest BCUT2D eigenvalue weighted by atomic mass is 10.2. The normalized spacial score (nSPS) is 16.7. The molecule has 9 nitrogen and oxygen atoms in total. The van der Waals surface area contributed by atoms with Crippen molar-refractivity contribution in [2.45, 2.75) is 19.9 Å². The van der Waals surface area contributed by atoms with Crippen molar-refractivity contribution in [3.8, 4) is 5.69 Å². The Hall–Kier alpha value is -3.85. The smallest absolute Gasteiger partial charge is 0.229 e. The largest absolute Gasteiger partial charge is 0.377 e. The lowest BCUT2D eigenvalue weighted by Gasteiger charge is -2.33. The van der Waals surface area contributed by atoms with E-state index in [1.165, 1.54) is 5.56 Å². The Balaban J connectivity index is 1.56. The van der Waals surface area contributed by atoms with Gasteiger partial charge in [-0.25, -0.2) is 4.98 Å². The van der Waals surface area contributed by atoms with Gasteiger partial charge in [-0.1, -0.05) is 29.8 Å². The minimum atomic E-state index is 0.166. The van der Waals surface area contributed by atoms with Crippen LogP contribution in [0.3, 0.4) is 0 Å². The van der Waals surface area contributed by atoms with Crippen LogP contribution in [0.2, 0.25) is 0 Å². The third kappa shape index (κ3) is 4.02. The molecule has 9 heteroatoms. The Morgan fingerprint density at radius 2 is 2.16 bits per heavy atom. The SMILES string of the molecule is Cc1cccc(C=NNc2nc(N3CCOCC3C)nc3c2ncn3-c2cccnc2)c1. The molecule has 162 valence electrons. The molecule has 1 fully saturated rings. The van der Waals surface area contributed by atoms with Gasteiger partial charge in [0.25, 0.3) is 0 Å². The summed E-state index contributed by atoms with van der Waals surface area (Å²) in [5.41, 5.74) is 7.47. The molecule has 1 atom stereocenters. The predicted molar refractivity (Wildman–Crippen MR) is 124 cm³/mol. The van der Waals surface area contributed by atoms with Crippen LogP contribution in [0, 0.1) is 6.92 Å². The van der Waals surface area contributed by atoms with Gasteiger partial charge in [0.15, 0.2) is 17.0 Å². The van der Waals surface area contributed by atoms with Gasteiger partial charge in [-0.2, -0.15) is 15.1 Å². The predicted octanol–water partition coefficient (Wildman–Crippen LogP) is 3.19. The topological polar surface area (TPSA) is 93.4 Å². The molecule has 0 aliphatic carbocycles. The molecule has 32 heavy (non-hydrogen) atoms. The summed E-state index contributed by atoms with van der Waals surface area (Å²) in [5, 5.41) is 4.42. The number of benzene rings is 1. The first kappa shape index (κ1) is 20.1. The van der Waals surface area contributed by atoms with Crippen LogP contribution in [0.1, 0.15) is 18.1 Å². The molecular formula is C23H24N8O. The molecule has 0 amide bonds. The summed E-state index contributed by atoms with van der Waals surface area (Å²) >= 11 is 0. The third-order valence-corrected chi connectivity index (χ3v) is 5.36. The van der Waals surface area contributed by atoms with Crippen LogP contribution in [-0.4, -0.2) is 56.5 Å². The number of imidazole rings is 1. The Morgan fingerprint density at radius 1 is 1.22 bits per heavy atom. The average Bonchev–Trinajstić information content (AvgIpc) is 3.24. The maximum atomic E-state index is 5.59. The van der Waals surface area contributed by atoms with Crippen molar-refractivity contribution in [1.29, 1.82) is 0 Å². The number of anilines is 2. The van der Waals surface area contributed by atoms with E-state index in [9.17, 15) is 0 Å². The maximum Gasteiger partial charge on any atom is 0.229 e. The summed E-state index contributed by atoms with van der Waals surface area (Å²) in [4.78, 5) is 20.6. The molecular weight excluding hydrogens is 404 g/mol. The number of hydrogen-bond acceptors (Lipinski definition) is 8. The summed E-state index contributed by atoms with van der Waals surface area (Å²) in [6.45, 7) is 6.16. The van der Waals surface area contributed by atoms with Gasteiger partial charge in [0, 0.05) is 12.7 Å². The summed E-state index contributed by atoms with van der Waals surface area (Å²) in [6.07, 6.45) is 7.03. The second-order valence-electron chi connectivity index (χ2n) is 7.77. The lowest BCUT2D eigenvalue weighted by Crippen LogP contribution is -2.44. The molecule has 3 aromatic heterocycles. The average molecular weight is 429 g/mol. The van der Waals surface area contributed by atoms with Crippen molar-refractivity contribution in [1.82, 2.24) is 24.5 Å². The molecule has 0 saturated carbocycles. The zero-order valence-electron chi connectivity index (χ0n) is 18.0. The highest BCUT2D eigenvalue weighted by Crippen LogP contribution is 2.26. The van der Waals surface area contributed by atoms with Crippen LogP contribution in [0.5, 0.6) is 0 Å². The van der Waals surface area contributed by atoms with Crippen molar-refractivity contribution in [2.75, 3.05) is 30.1 Å². The molecule has 1 N–H and O–H groups in total. The lowest BCUT2D eigenvalue weighted by molar-refractivity contribution is 0.0981. The van der Waals surface area contributed by atoms with Gasteiger partial charge in [0.2, 0.25) is 5.95 Å². The molecule has 0 bridgehead atoms. The van der Waals surface area contributed by atoms with Crippen molar-refractivity contribution >= 4 is 29.1 Å². The van der Waals surface area contributed by atoms with E-state index in [4.69, 9.17) is 14.7 Å². The number of aryl methyl sites for hydroxylation is 1. The molecule has 1 aliphatic heterocycles. The van der Waals surface area contributed by atoms with E-state index < -0.39 is 0 Å². The number of aromatic nitrogens is 5. The van der Waals surface area contributed by atoms with Crippen LogP contribution in [0.15, 0.2) is 60.2 Å². The number of nitrogens with one attached hydrogen (secondary N) is 1. The van der Waals surface area contributed by atoms with E-state index in [2.05, 4.69) is 51.4 Å². The molecule has 1 aromatic carbocycles. The quantitative estimate of drug-likeness (QED) is 0.385. The zero-order chi connectivity index (χ0) is 21.9. The van der Waals surface area contributed by atoms with Crippen molar-refractivity contribution in [3.05, 3.63) is 66.2 Å². The molecule has 4 heterocycles. The van der Waals surface area contributed by atoms with E-state index in [0.29, 0.717) is 36.1 Å². The third-order valence-electron chi connectivity index (χ3n) is 5.36. The van der Waals surface area contributed by atoms with E-state index in [1.807, 2.05) is 28.8 Å². The second kappa shape index (κ2) is 8.72. The minimum absolute atomic E-state index is 0.166. The Morgan fingerprint density at radius 3 is 2.97 bits per heavy atom. The molecule has 1 unspecified atom stereocenters. The van der Waals surface area contributed by atoms with Gasteiger partial charge in [-0.05, 0) is 31.5 Å². The summed E-state index contributed by atoms with van der Waals surface area (Å²) < 4.78 is 7.50. The summed E-state index contributed by atoms with van der Waals surface area (Å²) in [6, 6.07) is 12.2. The molecule has 0 radical (unpaired) electrons. The Kier molecular flexibility index (Phi) is 5.47. The van der Waals surface area contributed by atoms with Gasteiger partial charge >= 0.3 is 0 Å². The number of morpholine rings is 1. The number of pyridine rings is 1. The van der Waals surface area contributed by atoms with Crippen LogP contribution in [0.25, 0.3) is 16.9 Å². The number of fused-ring (bicyclic) bond motifs is 1. The highest BCUT2D eigenvalue weighted by molar-refractivity contribution is 5.87. The monoisotopic (exact) mass is 428 g/mol. The zero-order valence-corrected chi connectivity index (χ0v) is 18.0. The van der Waals surface area contributed by atoms with Crippen molar-refractivity contribution < 1.29 is 4.74 Å². The molecule has 0 spiro atoms. The van der Waals surface area contributed by atoms with Gasteiger partial charge in [0.05, 0.1) is 37.4 Å². The van der Waals surface area contributed by atoms with Crippen molar-refractivity contribution in [3.63, 3.8) is 0 Å². The van der Waals surface area contributed by atoms with Gasteiger partial charge < -0.3 is 9.64 Å². The van der Waals surface area contributed by atoms with Crippen LogP contribution < -0.4 is 10.3 Å². The van der Waals surface area contributed by atoms with E-state index in [-0.39, 0.29) is 6.04 Å². The van der Waals surface area contributed by atoms with Crippen LogP contribution >= 0.6 is 0 Å². The number of ether oxygens (including phenoxy) is 1. The van der Waals surface area contributed by atoms with Gasteiger partial charge in [-0.3, -0.25) is 15.0 Å². The number of nitrogens with zero attached hydrogens (tertiary/aromatic N) is 7. The van der Waals surface area contributed by atoms with Gasteiger partial charge in [-0.15, -0.1) is 0 Å². The molecule has 4 aromatic rings. The molecule has 5 rings (SSSR count). The fraction of sp³-hybridized carbons (Fsp3) is 0.261. The maximum absolute atomic E-state index is 5.59. The van der Waals surface area contributed by atoms with Crippen molar-refractivity contribution in [2.24, 2.45) is 5.10 Å². The molecule has 1 aliphatic rings. The van der Waals surface area contributed by atoms with E-state index in [1.54, 1.807) is 24.9 Å². The summed E-state index contributed by atoms with van der Waals surface area (Å²) in [7, 11) is 0. The van der Waals surface area contributed by atoms with Gasteiger partial charge in [0.1, 0.15) is 6.33 Å². The minimum Gasteiger partial charge on any atom is -0.377 e. The number of hydrazone groups is 1. The van der Waals surface area contributed by atoms with E-state index in [0.717, 1.165) is 17.8 Å². The Labute approximate surface area is 185 Å². The standard InChI is InChI=1S/C23H24N8O/c1-16-5-3-6-18(11-16)12-26-29-21-20-22(31(15-25-20)19-7-4-8-24-13-19)28-23(27-21)30-9-10-32-14-17(30)2/h3-8,11-13,15,17H,9-10,14H2,1-2H3,(H,27,28,29). The highest BCUT2D eigenvalue weighted by Gasteiger charge is 2.24. The Bertz CT molecular complexity index is 1250. The fourth-order valence-corrected chi connectivity index (χ4v) is 3.72. The van der Waals surface area contributed by atoms with E-state index >= 15 is 0 Å². The highest BCUT2D eigenvalue weighted by atomic mass is 16.5. The number of hydrogen-bond donors (Lipinski definition) is 1. The first-order valence-electron chi connectivity index (χ1n) is 10.5. The fourth-order valence-electron chi connectivity index (χ4n) is 3.72.